The van der Waals surface area contributed by atoms with Crippen molar-refractivity contribution < 1.29 is 9.53 Å². The Morgan fingerprint density at radius 2 is 2.33 bits per heavy atom. The molecule has 124 valence electrons. The van der Waals surface area contributed by atoms with Gasteiger partial charge in [-0.2, -0.15) is 4.98 Å². The Kier molecular flexibility index (Phi) is 5.12. The van der Waals surface area contributed by atoms with E-state index in [4.69, 9.17) is 4.74 Å². The fourth-order valence-electron chi connectivity index (χ4n) is 1.86. The van der Waals surface area contributed by atoms with Crippen molar-refractivity contribution in [2.75, 3.05) is 11.9 Å². The standard InChI is InChI=1S/C15H16N6O2S/c1-2-3-7-23-13(22)12-18-14(21-20-12)19-15-17-11(9-24-15)10-5-4-6-16-8-10/h4-6,8-9H,2-3,7H2,1H3,(H2,17,18,19,20,21). The average molecular weight is 344 g/mol. The maximum absolute atomic E-state index is 11.8. The molecule has 0 unspecified atom stereocenters. The number of unbranched alkanes of at least 4 members (excludes halogenated alkanes) is 1. The van der Waals surface area contributed by atoms with E-state index < -0.39 is 5.97 Å². The summed E-state index contributed by atoms with van der Waals surface area (Å²) in [5, 5.41) is 12.0. The van der Waals surface area contributed by atoms with Gasteiger partial charge in [-0.15, -0.1) is 16.4 Å². The highest BCUT2D eigenvalue weighted by molar-refractivity contribution is 7.14. The minimum Gasteiger partial charge on any atom is -0.460 e. The van der Waals surface area contributed by atoms with Crippen LogP contribution in [-0.2, 0) is 4.74 Å². The summed E-state index contributed by atoms with van der Waals surface area (Å²) < 4.78 is 5.07. The number of H-pyrrole nitrogens is 1. The Balaban J connectivity index is 1.63. The van der Waals surface area contributed by atoms with Crippen LogP contribution in [0.4, 0.5) is 11.1 Å². The first-order valence-corrected chi connectivity index (χ1v) is 8.36. The third kappa shape index (κ3) is 3.93. The van der Waals surface area contributed by atoms with Crippen molar-refractivity contribution in [3.05, 3.63) is 35.7 Å². The lowest BCUT2D eigenvalue weighted by molar-refractivity contribution is 0.0486. The van der Waals surface area contributed by atoms with E-state index in [9.17, 15) is 4.79 Å². The molecule has 3 heterocycles. The van der Waals surface area contributed by atoms with Crippen molar-refractivity contribution >= 4 is 28.4 Å². The number of hydrogen-bond donors (Lipinski definition) is 2. The molecule has 8 nitrogen and oxygen atoms in total. The predicted molar refractivity (Wildman–Crippen MR) is 90.2 cm³/mol. The van der Waals surface area contributed by atoms with Gasteiger partial charge in [0.15, 0.2) is 5.13 Å². The van der Waals surface area contributed by atoms with E-state index in [-0.39, 0.29) is 11.8 Å². The van der Waals surface area contributed by atoms with Gasteiger partial charge in [0.25, 0.3) is 0 Å². The van der Waals surface area contributed by atoms with Crippen LogP contribution in [0, 0.1) is 0 Å². The molecule has 2 N–H and O–H groups in total. The van der Waals surface area contributed by atoms with Crippen LogP contribution in [0.5, 0.6) is 0 Å². The highest BCUT2D eigenvalue weighted by Crippen LogP contribution is 2.25. The third-order valence-electron chi connectivity index (χ3n) is 3.09. The number of aromatic nitrogens is 5. The van der Waals surface area contributed by atoms with E-state index in [1.807, 2.05) is 24.4 Å². The van der Waals surface area contributed by atoms with Crippen molar-refractivity contribution in [1.29, 1.82) is 0 Å². The largest absolute Gasteiger partial charge is 0.460 e. The Hall–Kier alpha value is -2.81. The summed E-state index contributed by atoms with van der Waals surface area (Å²) in [6.45, 7) is 2.40. The van der Waals surface area contributed by atoms with Crippen molar-refractivity contribution in [3.63, 3.8) is 0 Å². The van der Waals surface area contributed by atoms with Gasteiger partial charge in [0.1, 0.15) is 0 Å². The van der Waals surface area contributed by atoms with Crippen LogP contribution in [0.15, 0.2) is 29.9 Å². The van der Waals surface area contributed by atoms with Gasteiger partial charge in [0, 0.05) is 23.3 Å². The number of aromatic amines is 1. The molecule has 0 atom stereocenters. The Labute approximate surface area is 142 Å². The minimum atomic E-state index is -0.515. The van der Waals surface area contributed by atoms with Crippen molar-refractivity contribution in [3.8, 4) is 11.3 Å². The lowest BCUT2D eigenvalue weighted by atomic mass is 10.2. The van der Waals surface area contributed by atoms with Gasteiger partial charge in [-0.3, -0.25) is 15.4 Å². The molecule has 0 spiro atoms. The molecular formula is C15H16N6O2S. The molecule has 0 bridgehead atoms. The summed E-state index contributed by atoms with van der Waals surface area (Å²) >= 11 is 1.41. The molecule has 0 saturated carbocycles. The number of rotatable bonds is 7. The number of ether oxygens (including phenoxy) is 1. The van der Waals surface area contributed by atoms with Gasteiger partial charge in [-0.05, 0) is 18.6 Å². The second-order valence-electron chi connectivity index (χ2n) is 4.90. The second-order valence-corrected chi connectivity index (χ2v) is 5.76. The van der Waals surface area contributed by atoms with Gasteiger partial charge in [-0.1, -0.05) is 13.3 Å². The lowest BCUT2D eigenvalue weighted by Crippen LogP contribution is -2.08. The number of anilines is 2. The monoisotopic (exact) mass is 344 g/mol. The van der Waals surface area contributed by atoms with Gasteiger partial charge in [0.2, 0.25) is 11.8 Å². The molecule has 0 aliphatic carbocycles. The maximum atomic E-state index is 11.8. The molecule has 24 heavy (non-hydrogen) atoms. The van der Waals surface area contributed by atoms with Crippen LogP contribution < -0.4 is 5.32 Å². The summed E-state index contributed by atoms with van der Waals surface area (Å²) in [7, 11) is 0. The molecule has 0 radical (unpaired) electrons. The fraction of sp³-hybridized carbons (Fsp3) is 0.267. The SMILES string of the molecule is CCCCOC(=O)c1nc(Nc2nc(-c3cccnc3)cs2)n[nH]1. The first-order valence-electron chi connectivity index (χ1n) is 7.48. The zero-order valence-corrected chi connectivity index (χ0v) is 13.8. The number of esters is 1. The van der Waals surface area contributed by atoms with Crippen molar-refractivity contribution in [1.82, 2.24) is 25.1 Å². The third-order valence-corrected chi connectivity index (χ3v) is 3.85. The molecule has 0 saturated heterocycles. The maximum Gasteiger partial charge on any atom is 0.375 e. The molecule has 3 aromatic rings. The molecule has 3 aromatic heterocycles. The predicted octanol–water partition coefficient (Wildman–Crippen LogP) is 3.02. The number of carbonyl (C=O) groups excluding carboxylic acids is 1. The Morgan fingerprint density at radius 1 is 1.42 bits per heavy atom. The normalized spacial score (nSPS) is 10.5. The zero-order chi connectivity index (χ0) is 16.8. The van der Waals surface area contributed by atoms with Gasteiger partial charge < -0.3 is 4.74 Å². The summed E-state index contributed by atoms with van der Waals surface area (Å²) in [6, 6.07) is 3.79. The molecule has 0 fully saturated rings. The van der Waals surface area contributed by atoms with Crippen LogP contribution in [0.2, 0.25) is 0 Å². The highest BCUT2D eigenvalue weighted by Gasteiger charge is 2.14. The molecule has 0 aliphatic rings. The number of nitrogens with zero attached hydrogens (tertiary/aromatic N) is 4. The van der Waals surface area contributed by atoms with Crippen LogP contribution in [-0.4, -0.2) is 37.7 Å². The number of nitrogens with one attached hydrogen (secondary N) is 2. The molecule has 9 heteroatoms. The quantitative estimate of drug-likeness (QED) is 0.501. The van der Waals surface area contributed by atoms with E-state index >= 15 is 0 Å². The smallest absolute Gasteiger partial charge is 0.375 e. The van der Waals surface area contributed by atoms with Gasteiger partial charge in [0.05, 0.1) is 12.3 Å². The number of carbonyl (C=O) groups is 1. The number of hydrogen-bond acceptors (Lipinski definition) is 8. The molecule has 3 rings (SSSR count). The van der Waals surface area contributed by atoms with Crippen LogP contribution >= 0.6 is 11.3 Å². The molecule has 0 aliphatic heterocycles. The molecular weight excluding hydrogens is 328 g/mol. The molecule has 0 aromatic carbocycles. The number of thiazole rings is 1. The Bertz CT molecular complexity index is 801. The first kappa shape index (κ1) is 16.1. The fourth-order valence-corrected chi connectivity index (χ4v) is 2.57. The minimum absolute atomic E-state index is 0.0673. The van der Waals surface area contributed by atoms with E-state index in [0.717, 1.165) is 24.1 Å². The average Bonchev–Trinajstić information content (AvgIpc) is 3.26. The zero-order valence-electron chi connectivity index (χ0n) is 13.0. The summed E-state index contributed by atoms with van der Waals surface area (Å²) in [5.74, 6) is -0.179. The highest BCUT2D eigenvalue weighted by atomic mass is 32.1. The van der Waals surface area contributed by atoms with Crippen LogP contribution in [0.3, 0.4) is 0 Å². The van der Waals surface area contributed by atoms with E-state index in [1.54, 1.807) is 12.4 Å². The van der Waals surface area contributed by atoms with Crippen molar-refractivity contribution in [2.24, 2.45) is 0 Å². The van der Waals surface area contributed by atoms with Crippen LogP contribution in [0.25, 0.3) is 11.3 Å². The summed E-state index contributed by atoms with van der Waals surface area (Å²) in [4.78, 5) is 24.4. The molecule has 0 amide bonds. The van der Waals surface area contributed by atoms with Gasteiger partial charge in [-0.25, -0.2) is 9.78 Å². The Morgan fingerprint density at radius 3 is 3.12 bits per heavy atom. The second kappa shape index (κ2) is 7.64. The summed E-state index contributed by atoms with van der Waals surface area (Å²) in [6.07, 6.45) is 5.24. The van der Waals surface area contributed by atoms with Gasteiger partial charge >= 0.3 is 5.97 Å². The van der Waals surface area contributed by atoms with Crippen LogP contribution in [0.1, 0.15) is 30.4 Å². The van der Waals surface area contributed by atoms with E-state index in [0.29, 0.717) is 11.7 Å². The topological polar surface area (TPSA) is 106 Å². The summed E-state index contributed by atoms with van der Waals surface area (Å²) in [5.41, 5.74) is 1.74. The number of pyridine rings is 1. The van der Waals surface area contributed by atoms with Crippen molar-refractivity contribution in [2.45, 2.75) is 19.8 Å². The van der Waals surface area contributed by atoms with E-state index in [2.05, 4.69) is 30.5 Å². The van der Waals surface area contributed by atoms with E-state index in [1.165, 1.54) is 11.3 Å². The lowest BCUT2D eigenvalue weighted by Gasteiger charge is -1.99. The first-order chi connectivity index (χ1) is 11.8.